The topological polar surface area (TPSA) is 80.0 Å². The molecule has 3 aromatic rings. The summed E-state index contributed by atoms with van der Waals surface area (Å²) in [6.07, 6.45) is 3.20. The van der Waals surface area contributed by atoms with Crippen molar-refractivity contribution in [1.29, 1.82) is 0 Å². The number of aromatic nitrogens is 3. The number of hydrogen-bond donors (Lipinski definition) is 2. The third-order valence-corrected chi connectivity index (χ3v) is 4.59. The average molecular weight is 342 g/mol. The summed E-state index contributed by atoms with van der Waals surface area (Å²) < 4.78 is 1.60. The summed E-state index contributed by atoms with van der Waals surface area (Å²) in [4.78, 5) is 13.3. The van der Waals surface area contributed by atoms with Crippen LogP contribution in [0.2, 0.25) is 0 Å². The van der Waals surface area contributed by atoms with Crippen LogP contribution in [-0.4, -0.2) is 32.0 Å². The molecular weight excluding hydrogens is 324 g/mol. The molecule has 0 saturated heterocycles. The van der Waals surface area contributed by atoms with Crippen molar-refractivity contribution in [1.82, 2.24) is 20.3 Å². The molecule has 0 radical (unpaired) electrons. The average Bonchev–Trinajstić information content (AvgIpc) is 3.28. The van der Waals surface area contributed by atoms with E-state index in [0.29, 0.717) is 12.0 Å². The van der Waals surface area contributed by atoms with Crippen molar-refractivity contribution < 1.29 is 9.90 Å². The molecule has 2 unspecified atom stereocenters. The molecule has 7 heteroatoms. The first-order valence-electron chi connectivity index (χ1n) is 7.62. The fraction of sp³-hybridized carbons (Fsp3) is 0.235. The standard InChI is InChI=1S/C17H18N4O2S/c1-12(10-15(22)16-6-3-9-24-16)19-17(23)13-4-2-5-14(11-13)21-8-7-18-20-21/h2-9,11-12,15,22H,10H2,1H3,(H,19,23). The Hall–Kier alpha value is -2.51. The minimum atomic E-state index is -0.568. The van der Waals surface area contributed by atoms with E-state index in [2.05, 4.69) is 15.6 Å². The number of amides is 1. The fourth-order valence-corrected chi connectivity index (χ4v) is 3.16. The molecule has 2 aromatic heterocycles. The van der Waals surface area contributed by atoms with Gasteiger partial charge in [0.1, 0.15) is 0 Å². The minimum absolute atomic E-state index is 0.148. The number of aliphatic hydroxyl groups excluding tert-OH is 1. The highest BCUT2D eigenvalue weighted by Gasteiger charge is 2.16. The normalized spacial score (nSPS) is 13.4. The number of aliphatic hydroxyl groups is 1. The Kier molecular flexibility index (Phi) is 5.02. The van der Waals surface area contributed by atoms with E-state index in [-0.39, 0.29) is 11.9 Å². The minimum Gasteiger partial charge on any atom is -0.387 e. The second kappa shape index (κ2) is 7.37. The van der Waals surface area contributed by atoms with E-state index < -0.39 is 6.10 Å². The van der Waals surface area contributed by atoms with E-state index in [1.165, 1.54) is 11.3 Å². The molecule has 1 amide bonds. The molecule has 1 aromatic carbocycles. The number of hydrogen-bond acceptors (Lipinski definition) is 5. The quantitative estimate of drug-likeness (QED) is 0.721. The molecule has 0 aliphatic rings. The van der Waals surface area contributed by atoms with Crippen molar-refractivity contribution in [2.24, 2.45) is 0 Å². The number of rotatable bonds is 6. The molecule has 24 heavy (non-hydrogen) atoms. The maximum Gasteiger partial charge on any atom is 0.251 e. The van der Waals surface area contributed by atoms with Crippen molar-refractivity contribution in [3.05, 3.63) is 64.6 Å². The van der Waals surface area contributed by atoms with Crippen molar-refractivity contribution in [2.45, 2.75) is 25.5 Å². The van der Waals surface area contributed by atoms with Crippen LogP contribution in [-0.2, 0) is 0 Å². The first-order chi connectivity index (χ1) is 11.6. The van der Waals surface area contributed by atoms with Gasteiger partial charge in [-0.15, -0.1) is 16.4 Å². The Bertz CT molecular complexity index is 787. The number of thiophene rings is 1. The van der Waals surface area contributed by atoms with Gasteiger partial charge in [-0.3, -0.25) is 4.79 Å². The monoisotopic (exact) mass is 342 g/mol. The number of carbonyl (C=O) groups is 1. The second-order valence-electron chi connectivity index (χ2n) is 5.54. The number of benzene rings is 1. The maximum atomic E-state index is 12.4. The zero-order valence-corrected chi connectivity index (χ0v) is 14.0. The molecule has 0 bridgehead atoms. The van der Waals surface area contributed by atoms with Gasteiger partial charge in [0.2, 0.25) is 0 Å². The zero-order valence-electron chi connectivity index (χ0n) is 13.2. The van der Waals surface area contributed by atoms with E-state index in [4.69, 9.17) is 0 Å². The van der Waals surface area contributed by atoms with Crippen molar-refractivity contribution in [3.63, 3.8) is 0 Å². The van der Waals surface area contributed by atoms with Crippen LogP contribution in [0.1, 0.15) is 34.7 Å². The summed E-state index contributed by atoms with van der Waals surface area (Å²) in [5.41, 5.74) is 1.31. The summed E-state index contributed by atoms with van der Waals surface area (Å²) in [5.74, 6) is -0.178. The molecule has 6 nitrogen and oxygen atoms in total. The van der Waals surface area contributed by atoms with Crippen LogP contribution < -0.4 is 5.32 Å². The lowest BCUT2D eigenvalue weighted by atomic mass is 10.1. The Morgan fingerprint density at radius 2 is 2.25 bits per heavy atom. The third kappa shape index (κ3) is 3.87. The lowest BCUT2D eigenvalue weighted by molar-refractivity contribution is 0.0918. The maximum absolute atomic E-state index is 12.4. The summed E-state index contributed by atoms with van der Waals surface area (Å²) in [6.45, 7) is 1.88. The van der Waals surface area contributed by atoms with Crippen LogP contribution in [0.5, 0.6) is 0 Å². The van der Waals surface area contributed by atoms with Crippen LogP contribution in [0.4, 0.5) is 0 Å². The highest BCUT2D eigenvalue weighted by Crippen LogP contribution is 2.23. The summed E-state index contributed by atoms with van der Waals surface area (Å²) in [7, 11) is 0. The molecule has 0 spiro atoms. The first kappa shape index (κ1) is 16.4. The molecule has 124 valence electrons. The van der Waals surface area contributed by atoms with Gasteiger partial charge in [0.25, 0.3) is 5.91 Å². The summed E-state index contributed by atoms with van der Waals surface area (Å²) in [5, 5.41) is 22.7. The lowest BCUT2D eigenvalue weighted by Crippen LogP contribution is -2.33. The van der Waals surface area contributed by atoms with Gasteiger partial charge in [-0.05, 0) is 43.0 Å². The Labute approximate surface area is 143 Å². The lowest BCUT2D eigenvalue weighted by Gasteiger charge is -2.17. The van der Waals surface area contributed by atoms with Gasteiger partial charge in [0.05, 0.1) is 24.2 Å². The van der Waals surface area contributed by atoms with Crippen LogP contribution in [0.3, 0.4) is 0 Å². The van der Waals surface area contributed by atoms with Crippen molar-refractivity contribution in [2.75, 3.05) is 0 Å². The van der Waals surface area contributed by atoms with E-state index in [0.717, 1.165) is 10.6 Å². The molecule has 0 fully saturated rings. The molecule has 0 aliphatic carbocycles. The van der Waals surface area contributed by atoms with Crippen LogP contribution in [0.25, 0.3) is 5.69 Å². The highest BCUT2D eigenvalue weighted by molar-refractivity contribution is 7.10. The van der Waals surface area contributed by atoms with Gasteiger partial charge < -0.3 is 10.4 Å². The van der Waals surface area contributed by atoms with E-state index in [1.54, 1.807) is 35.3 Å². The van der Waals surface area contributed by atoms with Crippen LogP contribution in [0, 0.1) is 0 Å². The van der Waals surface area contributed by atoms with Crippen LogP contribution in [0.15, 0.2) is 54.2 Å². The van der Waals surface area contributed by atoms with E-state index in [1.807, 2.05) is 30.5 Å². The molecular formula is C17H18N4O2S. The predicted molar refractivity (Wildman–Crippen MR) is 92.2 cm³/mol. The van der Waals surface area contributed by atoms with Gasteiger partial charge in [0.15, 0.2) is 0 Å². The SMILES string of the molecule is CC(CC(O)c1cccs1)NC(=O)c1cccc(-n2ccnn2)c1. The summed E-state index contributed by atoms with van der Waals surface area (Å²) >= 11 is 1.51. The van der Waals surface area contributed by atoms with Crippen LogP contribution >= 0.6 is 11.3 Å². The first-order valence-corrected chi connectivity index (χ1v) is 8.50. The Morgan fingerprint density at radius 3 is 2.96 bits per heavy atom. The molecule has 2 heterocycles. The predicted octanol–water partition coefficient (Wildman–Crippen LogP) is 2.57. The molecule has 0 aliphatic heterocycles. The number of carbonyl (C=O) groups excluding carboxylic acids is 1. The van der Waals surface area contributed by atoms with Gasteiger partial charge in [0, 0.05) is 16.5 Å². The third-order valence-electron chi connectivity index (χ3n) is 3.62. The Morgan fingerprint density at radius 1 is 1.38 bits per heavy atom. The van der Waals surface area contributed by atoms with Crippen molar-refractivity contribution >= 4 is 17.2 Å². The van der Waals surface area contributed by atoms with E-state index in [9.17, 15) is 9.90 Å². The van der Waals surface area contributed by atoms with Gasteiger partial charge in [-0.2, -0.15) is 0 Å². The highest BCUT2D eigenvalue weighted by atomic mass is 32.1. The Balaban J connectivity index is 1.63. The smallest absolute Gasteiger partial charge is 0.251 e. The molecule has 2 atom stereocenters. The molecule has 3 rings (SSSR count). The largest absolute Gasteiger partial charge is 0.387 e. The number of nitrogens with one attached hydrogen (secondary N) is 1. The molecule has 0 saturated carbocycles. The summed E-state index contributed by atoms with van der Waals surface area (Å²) in [6, 6.07) is 10.8. The molecule has 2 N–H and O–H groups in total. The van der Waals surface area contributed by atoms with Gasteiger partial charge in [-0.1, -0.05) is 17.3 Å². The van der Waals surface area contributed by atoms with Gasteiger partial charge in [-0.25, -0.2) is 4.68 Å². The van der Waals surface area contributed by atoms with E-state index >= 15 is 0 Å². The van der Waals surface area contributed by atoms with Crippen molar-refractivity contribution in [3.8, 4) is 5.69 Å². The second-order valence-corrected chi connectivity index (χ2v) is 6.52. The zero-order chi connectivity index (χ0) is 16.9. The number of nitrogens with zero attached hydrogens (tertiary/aromatic N) is 3. The fourth-order valence-electron chi connectivity index (χ4n) is 2.43. The van der Waals surface area contributed by atoms with Gasteiger partial charge >= 0.3 is 0 Å².